The number of hydrogen-bond acceptors (Lipinski definition) is 3. The van der Waals surface area contributed by atoms with E-state index in [2.05, 4.69) is 19.2 Å². The molecule has 1 N–H and O–H groups in total. The summed E-state index contributed by atoms with van der Waals surface area (Å²) in [5.41, 5.74) is 0.128. The summed E-state index contributed by atoms with van der Waals surface area (Å²) in [4.78, 5) is 0. The Morgan fingerprint density at radius 1 is 1.31 bits per heavy atom. The van der Waals surface area contributed by atoms with E-state index < -0.39 is 9.84 Å². The summed E-state index contributed by atoms with van der Waals surface area (Å²) in [6.07, 6.45) is 0.929. The van der Waals surface area contributed by atoms with Crippen molar-refractivity contribution in [2.24, 2.45) is 5.41 Å². The van der Waals surface area contributed by atoms with E-state index in [1.165, 1.54) is 0 Å². The first-order valence-electron chi connectivity index (χ1n) is 5.69. The second-order valence-corrected chi connectivity index (χ2v) is 8.25. The van der Waals surface area contributed by atoms with Crippen molar-refractivity contribution in [3.8, 4) is 0 Å². The summed E-state index contributed by atoms with van der Waals surface area (Å²) >= 11 is 5.69. The van der Waals surface area contributed by atoms with Gasteiger partial charge in [-0.3, -0.25) is 0 Å². The van der Waals surface area contributed by atoms with Crippen LogP contribution in [0.4, 0.5) is 0 Å². The highest BCUT2D eigenvalue weighted by Gasteiger charge is 2.18. The Morgan fingerprint density at radius 3 is 2.31 bits per heavy atom. The molecule has 0 aromatic rings. The maximum Gasteiger partial charge on any atom is 0.153 e. The number of halogens is 1. The van der Waals surface area contributed by atoms with Gasteiger partial charge >= 0.3 is 0 Å². The second-order valence-electron chi connectivity index (χ2n) is 5.20. The zero-order chi connectivity index (χ0) is 12.8. The largest absolute Gasteiger partial charge is 0.315 e. The summed E-state index contributed by atoms with van der Waals surface area (Å²) in [6, 6.07) is 0. The van der Waals surface area contributed by atoms with Crippen molar-refractivity contribution in [1.82, 2.24) is 5.32 Å². The van der Waals surface area contributed by atoms with Crippen LogP contribution in [0, 0.1) is 5.41 Å². The minimum absolute atomic E-state index is 0.128. The molecule has 0 spiro atoms. The fourth-order valence-corrected chi connectivity index (χ4v) is 2.63. The molecule has 0 atom stereocenters. The van der Waals surface area contributed by atoms with Gasteiger partial charge in [-0.05, 0) is 25.7 Å². The van der Waals surface area contributed by atoms with Gasteiger partial charge in [-0.2, -0.15) is 0 Å². The van der Waals surface area contributed by atoms with Crippen LogP contribution in [0.5, 0.6) is 0 Å². The van der Waals surface area contributed by atoms with Gasteiger partial charge in [-0.25, -0.2) is 8.42 Å². The van der Waals surface area contributed by atoms with E-state index in [4.69, 9.17) is 11.6 Å². The van der Waals surface area contributed by atoms with Crippen LogP contribution in [0.3, 0.4) is 0 Å². The molecule has 0 bridgehead atoms. The second kappa shape index (κ2) is 6.82. The minimum Gasteiger partial charge on any atom is -0.315 e. The molecule has 0 saturated carbocycles. The maximum absolute atomic E-state index is 11.5. The van der Waals surface area contributed by atoms with E-state index in [0.29, 0.717) is 12.4 Å². The Kier molecular flexibility index (Phi) is 6.90. The lowest BCUT2D eigenvalue weighted by Crippen LogP contribution is -2.34. The molecule has 0 unspecified atom stereocenters. The summed E-state index contributed by atoms with van der Waals surface area (Å²) in [6.45, 7) is 9.00. The van der Waals surface area contributed by atoms with Crippen LogP contribution < -0.4 is 5.32 Å². The molecule has 0 saturated heterocycles. The molecule has 0 aliphatic rings. The third kappa shape index (κ3) is 6.71. The molecular formula is C11H24ClNO2S. The fourth-order valence-electron chi connectivity index (χ4n) is 1.22. The lowest BCUT2D eigenvalue weighted by Gasteiger charge is -2.24. The van der Waals surface area contributed by atoms with Gasteiger partial charge in [0.1, 0.15) is 0 Å². The van der Waals surface area contributed by atoms with Crippen LogP contribution in [0.2, 0.25) is 0 Å². The van der Waals surface area contributed by atoms with E-state index in [1.54, 1.807) is 13.8 Å². The number of rotatable bonds is 8. The van der Waals surface area contributed by atoms with E-state index in [9.17, 15) is 8.42 Å². The topological polar surface area (TPSA) is 46.2 Å². The summed E-state index contributed by atoms with van der Waals surface area (Å²) in [7, 11) is -2.92. The molecule has 16 heavy (non-hydrogen) atoms. The van der Waals surface area contributed by atoms with Crippen molar-refractivity contribution >= 4 is 21.4 Å². The smallest absolute Gasteiger partial charge is 0.153 e. The predicted octanol–water partition coefficient (Wildman–Crippen LogP) is 2.05. The molecule has 0 amide bonds. The molecule has 5 heteroatoms. The number of nitrogens with one attached hydrogen (secondary N) is 1. The average Bonchev–Trinajstić information content (AvgIpc) is 2.12. The lowest BCUT2D eigenvalue weighted by molar-refractivity contribution is 0.334. The highest BCUT2D eigenvalue weighted by molar-refractivity contribution is 7.92. The van der Waals surface area contributed by atoms with Crippen LogP contribution in [0.25, 0.3) is 0 Å². The predicted molar refractivity (Wildman–Crippen MR) is 70.9 cm³/mol. The fraction of sp³-hybridized carbons (Fsp3) is 1.00. The molecule has 98 valence electrons. The number of sulfone groups is 1. The molecule has 0 aromatic heterocycles. The summed E-state index contributed by atoms with van der Waals surface area (Å²) in [5, 5.41) is 2.90. The number of hydrogen-bond donors (Lipinski definition) is 1. The van der Waals surface area contributed by atoms with Gasteiger partial charge in [0.2, 0.25) is 0 Å². The summed E-state index contributed by atoms with van der Waals surface area (Å²) < 4.78 is 23.0. The van der Waals surface area contributed by atoms with Gasteiger partial charge in [0.15, 0.2) is 9.84 Å². The Labute approximate surface area is 105 Å². The highest BCUT2D eigenvalue weighted by atomic mass is 35.5. The van der Waals surface area contributed by atoms with Crippen molar-refractivity contribution in [3.05, 3.63) is 0 Å². The van der Waals surface area contributed by atoms with Gasteiger partial charge in [0.05, 0.1) is 11.0 Å². The highest BCUT2D eigenvalue weighted by Crippen LogP contribution is 2.19. The first kappa shape index (κ1) is 16.2. The maximum atomic E-state index is 11.5. The van der Waals surface area contributed by atoms with Crippen molar-refractivity contribution < 1.29 is 8.42 Å². The number of alkyl halides is 1. The van der Waals surface area contributed by atoms with Crippen LogP contribution in [0.1, 0.15) is 34.1 Å². The van der Waals surface area contributed by atoms with Gasteiger partial charge in [-0.1, -0.05) is 13.8 Å². The third-order valence-electron chi connectivity index (χ3n) is 2.66. The zero-order valence-electron chi connectivity index (χ0n) is 10.7. The van der Waals surface area contributed by atoms with E-state index >= 15 is 0 Å². The molecule has 3 nitrogen and oxygen atoms in total. The zero-order valence-corrected chi connectivity index (χ0v) is 12.3. The van der Waals surface area contributed by atoms with Gasteiger partial charge in [0.25, 0.3) is 0 Å². The molecule has 0 aliphatic heterocycles. The van der Waals surface area contributed by atoms with Gasteiger partial charge < -0.3 is 5.32 Å². The average molecular weight is 270 g/mol. The van der Waals surface area contributed by atoms with Crippen molar-refractivity contribution in [3.63, 3.8) is 0 Å². The molecule has 0 aromatic carbocycles. The first-order chi connectivity index (χ1) is 7.21. The monoisotopic (exact) mass is 269 g/mol. The van der Waals surface area contributed by atoms with Gasteiger partial charge in [0, 0.05) is 19.0 Å². The molecular weight excluding hydrogens is 246 g/mol. The molecule has 0 aliphatic carbocycles. The van der Waals surface area contributed by atoms with Crippen LogP contribution in [-0.4, -0.2) is 38.4 Å². The van der Waals surface area contributed by atoms with E-state index in [1.807, 2.05) is 0 Å². The molecule has 0 fully saturated rings. The normalized spacial score (nSPS) is 13.4. The molecule has 0 heterocycles. The van der Waals surface area contributed by atoms with Crippen LogP contribution in [-0.2, 0) is 9.84 Å². The molecule has 0 radical (unpaired) electrons. The van der Waals surface area contributed by atoms with Crippen molar-refractivity contribution in [2.45, 2.75) is 39.4 Å². The third-order valence-corrected chi connectivity index (χ3v) is 5.06. The SMILES string of the molecule is CC(C)S(=O)(=O)CCNCC(C)(C)CCCl. The minimum atomic E-state index is -2.92. The van der Waals surface area contributed by atoms with Crippen LogP contribution in [0.15, 0.2) is 0 Å². The van der Waals surface area contributed by atoms with Gasteiger partial charge in [-0.15, -0.1) is 11.6 Å². The van der Waals surface area contributed by atoms with E-state index in [0.717, 1.165) is 13.0 Å². The Bertz CT molecular complexity index is 286. The summed E-state index contributed by atoms with van der Waals surface area (Å²) in [5.74, 6) is 0.848. The molecule has 0 rings (SSSR count). The van der Waals surface area contributed by atoms with Crippen molar-refractivity contribution in [2.75, 3.05) is 24.7 Å². The Morgan fingerprint density at radius 2 is 1.88 bits per heavy atom. The quantitative estimate of drug-likeness (QED) is 0.542. The Hall–Kier alpha value is 0.200. The van der Waals surface area contributed by atoms with E-state index in [-0.39, 0.29) is 16.4 Å². The lowest BCUT2D eigenvalue weighted by atomic mass is 9.90. The van der Waals surface area contributed by atoms with Crippen molar-refractivity contribution in [1.29, 1.82) is 0 Å². The van der Waals surface area contributed by atoms with Crippen LogP contribution >= 0.6 is 11.6 Å². The Balaban J connectivity index is 3.85. The first-order valence-corrected chi connectivity index (χ1v) is 7.94. The standard InChI is InChI=1S/C11H24ClNO2S/c1-10(2)16(14,15)8-7-13-9-11(3,4)5-6-12/h10,13H,5-9H2,1-4H3.